The lowest BCUT2D eigenvalue weighted by Gasteiger charge is -2.41. The lowest BCUT2D eigenvalue weighted by molar-refractivity contribution is 0.0193. The molecule has 0 spiro atoms. The van der Waals surface area contributed by atoms with Crippen LogP contribution >= 0.6 is 0 Å². The fourth-order valence-electron chi connectivity index (χ4n) is 8.95. The summed E-state index contributed by atoms with van der Waals surface area (Å²) in [5, 5.41) is 0. The fraction of sp³-hybridized carbons (Fsp3) is 0.367. The highest BCUT2D eigenvalue weighted by Gasteiger charge is 2.35. The van der Waals surface area contributed by atoms with E-state index >= 15 is 4.79 Å². The highest BCUT2D eigenvalue weighted by molar-refractivity contribution is 6.08. The van der Waals surface area contributed by atoms with Gasteiger partial charge in [-0.1, -0.05) is 74.0 Å². The Kier molecular flexibility index (Phi) is 12.0. The molecule has 10 heteroatoms. The number of carbonyl (C=O) groups is 3. The van der Waals surface area contributed by atoms with E-state index in [2.05, 4.69) is 51.6 Å². The van der Waals surface area contributed by atoms with E-state index in [0.29, 0.717) is 56.9 Å². The van der Waals surface area contributed by atoms with Gasteiger partial charge in [0.05, 0.1) is 18.8 Å². The average molecular weight is 793 g/mol. The summed E-state index contributed by atoms with van der Waals surface area (Å²) in [5.74, 6) is -0.0919. The van der Waals surface area contributed by atoms with Crippen LogP contribution < -0.4 is 9.80 Å². The molecule has 1 atom stereocenters. The van der Waals surface area contributed by atoms with E-state index in [1.54, 1.807) is 4.90 Å². The van der Waals surface area contributed by atoms with Crippen LogP contribution in [0.5, 0.6) is 0 Å². The number of aromatic nitrogens is 1. The van der Waals surface area contributed by atoms with Crippen molar-refractivity contribution in [2.45, 2.75) is 58.7 Å². The Balaban J connectivity index is 1.20. The molecule has 1 aromatic heterocycles. The lowest BCUT2D eigenvalue weighted by atomic mass is 9.89. The molecule has 3 aliphatic heterocycles. The Bertz CT molecular complexity index is 2300. The average Bonchev–Trinajstić information content (AvgIpc) is 3.58. The molecule has 0 radical (unpaired) electrons. The number of rotatable bonds is 10. The van der Waals surface area contributed by atoms with Gasteiger partial charge in [0.15, 0.2) is 0 Å². The number of benzene rings is 4. The van der Waals surface area contributed by atoms with Crippen molar-refractivity contribution >= 4 is 29.2 Å². The van der Waals surface area contributed by atoms with Crippen molar-refractivity contribution in [3.8, 4) is 11.3 Å². The van der Waals surface area contributed by atoms with Crippen LogP contribution in [0.1, 0.15) is 68.4 Å². The van der Waals surface area contributed by atoms with E-state index in [-0.39, 0.29) is 23.9 Å². The van der Waals surface area contributed by atoms with Gasteiger partial charge in [0.1, 0.15) is 0 Å². The van der Waals surface area contributed by atoms with E-state index in [1.165, 1.54) is 5.56 Å². The quantitative estimate of drug-likeness (QED) is 0.144. The molecule has 1 fully saturated rings. The van der Waals surface area contributed by atoms with Gasteiger partial charge in [-0.25, -0.2) is 4.79 Å². The smallest absolute Gasteiger partial charge is 0.324 e. The SMILES string of the molecule is CCCCN(C(=O)c1cc(-c2cc3c(cc2C(=O)N2Cc4ccccc4C[C@H]2CN2CCOCC2)CN(C(=O)N(C)c2ccccc2)CC3)n(C)c1C)c1ccccc1. The van der Waals surface area contributed by atoms with Gasteiger partial charge >= 0.3 is 6.03 Å². The number of carbonyl (C=O) groups excluding carboxylic acids is 3. The molecule has 0 bridgehead atoms. The summed E-state index contributed by atoms with van der Waals surface area (Å²) in [7, 11) is 3.80. The van der Waals surface area contributed by atoms with Crippen LogP contribution in [0.2, 0.25) is 0 Å². The number of morpholine rings is 1. The lowest BCUT2D eigenvalue weighted by Crippen LogP contribution is -2.52. The summed E-state index contributed by atoms with van der Waals surface area (Å²) in [6.45, 7) is 10.0. The van der Waals surface area contributed by atoms with Crippen LogP contribution in [0.15, 0.2) is 103 Å². The van der Waals surface area contributed by atoms with Crippen molar-refractivity contribution in [1.82, 2.24) is 19.3 Å². The molecular weight excluding hydrogens is 737 g/mol. The first-order valence-corrected chi connectivity index (χ1v) is 21.2. The second-order valence-corrected chi connectivity index (χ2v) is 16.2. The van der Waals surface area contributed by atoms with Crippen molar-refractivity contribution in [3.63, 3.8) is 0 Å². The Hall–Kier alpha value is -5.71. The van der Waals surface area contributed by atoms with Crippen molar-refractivity contribution < 1.29 is 19.1 Å². The molecule has 0 aliphatic carbocycles. The van der Waals surface area contributed by atoms with Gasteiger partial charge in [-0.2, -0.15) is 0 Å². The molecule has 4 heterocycles. The second-order valence-electron chi connectivity index (χ2n) is 16.2. The van der Waals surface area contributed by atoms with Crippen molar-refractivity contribution in [3.05, 3.63) is 142 Å². The van der Waals surface area contributed by atoms with Crippen LogP contribution in [0.4, 0.5) is 16.2 Å². The highest BCUT2D eigenvalue weighted by atomic mass is 16.5. The van der Waals surface area contributed by atoms with E-state index in [1.807, 2.05) is 104 Å². The molecule has 10 nitrogen and oxygen atoms in total. The number of amides is 4. The molecule has 0 unspecified atom stereocenters. The van der Waals surface area contributed by atoms with Gasteiger partial charge in [-0.3, -0.25) is 19.4 Å². The number of urea groups is 1. The molecular formula is C49H56N6O4. The molecule has 0 N–H and O–H groups in total. The largest absolute Gasteiger partial charge is 0.379 e. The molecule has 4 aromatic carbocycles. The van der Waals surface area contributed by atoms with Crippen LogP contribution in [-0.2, 0) is 37.7 Å². The minimum absolute atomic E-state index is 0.0396. The van der Waals surface area contributed by atoms with E-state index in [4.69, 9.17) is 4.74 Å². The molecule has 306 valence electrons. The zero-order chi connectivity index (χ0) is 41.0. The molecule has 59 heavy (non-hydrogen) atoms. The number of para-hydroxylation sites is 2. The summed E-state index contributed by atoms with van der Waals surface area (Å²) in [4.78, 5) is 53.9. The number of unbranched alkanes of at least 4 members (excludes halogenated alkanes) is 1. The number of nitrogens with zero attached hydrogens (tertiary/aromatic N) is 6. The third-order valence-corrected chi connectivity index (χ3v) is 12.6. The van der Waals surface area contributed by atoms with Crippen LogP contribution in [0.3, 0.4) is 0 Å². The normalized spacial score (nSPS) is 16.6. The number of anilines is 2. The number of hydrogen-bond acceptors (Lipinski definition) is 5. The maximum Gasteiger partial charge on any atom is 0.324 e. The summed E-state index contributed by atoms with van der Waals surface area (Å²) in [6, 6.07) is 34.1. The molecule has 1 saturated heterocycles. The van der Waals surface area contributed by atoms with E-state index in [9.17, 15) is 9.59 Å². The first kappa shape index (κ1) is 40.1. The van der Waals surface area contributed by atoms with Crippen LogP contribution in [0, 0.1) is 6.92 Å². The minimum Gasteiger partial charge on any atom is -0.379 e. The third-order valence-electron chi connectivity index (χ3n) is 12.6. The zero-order valence-electron chi connectivity index (χ0n) is 34.9. The summed E-state index contributed by atoms with van der Waals surface area (Å²) in [6.07, 6.45) is 3.27. The van der Waals surface area contributed by atoms with Crippen molar-refractivity contribution in [1.29, 1.82) is 0 Å². The van der Waals surface area contributed by atoms with Gasteiger partial charge in [-0.15, -0.1) is 0 Å². The summed E-state index contributed by atoms with van der Waals surface area (Å²) >= 11 is 0. The second kappa shape index (κ2) is 17.6. The maximum atomic E-state index is 15.5. The van der Waals surface area contributed by atoms with Crippen molar-refractivity contribution in [2.24, 2.45) is 7.05 Å². The molecule has 8 rings (SSSR count). The predicted molar refractivity (Wildman–Crippen MR) is 234 cm³/mol. The molecule has 4 amide bonds. The Morgan fingerprint density at radius 3 is 2.15 bits per heavy atom. The minimum atomic E-state index is -0.0794. The number of ether oxygens (including phenoxy) is 1. The topological polar surface area (TPSA) is 81.6 Å². The first-order chi connectivity index (χ1) is 28.7. The zero-order valence-corrected chi connectivity index (χ0v) is 34.9. The van der Waals surface area contributed by atoms with Gasteiger partial charge in [0.25, 0.3) is 11.8 Å². The van der Waals surface area contributed by atoms with Crippen molar-refractivity contribution in [2.75, 3.05) is 62.8 Å². The number of hydrogen-bond donors (Lipinski definition) is 0. The van der Waals surface area contributed by atoms with Gasteiger partial charge in [0.2, 0.25) is 0 Å². The standard InChI is InChI=1S/C49H56N6O4/c1-5-6-22-54(41-19-11-8-12-20-41)47(56)43-31-46(50(3)35(43)2)44-29-37-21-23-53(49(58)51(4)40-17-9-7-10-18-40)32-39(37)30-45(44)48(57)55-33-38-16-14-13-15-36(38)28-42(55)34-52-24-26-59-27-25-52/h7-20,29-31,42H,5-6,21-28,32-34H2,1-4H3/t42-/m0/s1. The predicted octanol–water partition coefficient (Wildman–Crippen LogP) is 7.96. The fourth-order valence-corrected chi connectivity index (χ4v) is 8.95. The molecule has 5 aromatic rings. The Morgan fingerprint density at radius 1 is 0.763 bits per heavy atom. The Morgan fingerprint density at radius 2 is 1.44 bits per heavy atom. The third kappa shape index (κ3) is 8.29. The monoisotopic (exact) mass is 792 g/mol. The number of fused-ring (bicyclic) bond motifs is 2. The van der Waals surface area contributed by atoms with Gasteiger partial charge in [0, 0.05) is 99.8 Å². The summed E-state index contributed by atoms with van der Waals surface area (Å²) in [5.41, 5.74) is 9.91. The van der Waals surface area contributed by atoms with Crippen LogP contribution in [-0.4, -0.2) is 96.1 Å². The van der Waals surface area contributed by atoms with Gasteiger partial charge in [-0.05, 0) is 90.9 Å². The molecule has 3 aliphatic rings. The summed E-state index contributed by atoms with van der Waals surface area (Å²) < 4.78 is 7.76. The first-order valence-electron chi connectivity index (χ1n) is 21.2. The Labute approximate surface area is 348 Å². The van der Waals surface area contributed by atoms with Gasteiger partial charge < -0.3 is 24.0 Å². The molecule has 0 saturated carbocycles. The van der Waals surface area contributed by atoms with E-state index in [0.717, 1.165) is 83.9 Å². The highest BCUT2D eigenvalue weighted by Crippen LogP contribution is 2.36. The van der Waals surface area contributed by atoms with Crippen LogP contribution in [0.25, 0.3) is 11.3 Å². The maximum absolute atomic E-state index is 15.5. The van der Waals surface area contributed by atoms with E-state index < -0.39 is 0 Å².